The number of primary amides is 1. The second kappa shape index (κ2) is 13.4. The van der Waals surface area contributed by atoms with E-state index in [-0.39, 0.29) is 25.7 Å². The van der Waals surface area contributed by atoms with Crippen LogP contribution in [-0.2, 0) is 36.8 Å². The molecule has 3 unspecified atom stereocenters. The number of amides is 4. The van der Waals surface area contributed by atoms with Crippen molar-refractivity contribution in [3.63, 3.8) is 0 Å². The summed E-state index contributed by atoms with van der Waals surface area (Å²) in [6.45, 7) is -0.676. The van der Waals surface area contributed by atoms with Crippen LogP contribution < -0.4 is 27.4 Å². The maximum atomic E-state index is 13.1. The highest BCUT2D eigenvalue weighted by Gasteiger charge is 2.29. The Labute approximate surface area is 201 Å². The van der Waals surface area contributed by atoms with Crippen LogP contribution in [0, 0.1) is 0 Å². The Kier molecular flexibility index (Phi) is 10.4. The molecule has 1 aromatic heterocycles. The van der Waals surface area contributed by atoms with Crippen LogP contribution in [0.4, 0.5) is 0 Å². The van der Waals surface area contributed by atoms with E-state index in [0.29, 0.717) is 5.69 Å². The normalized spacial score (nSPS) is 13.2. The molecule has 0 radical (unpaired) electrons. The number of imidazole rings is 1. The lowest BCUT2D eigenvalue weighted by molar-refractivity contribution is -0.138. The lowest BCUT2D eigenvalue weighted by atomic mass is 10.0. The number of carboxylic acids is 1. The van der Waals surface area contributed by atoms with E-state index in [2.05, 4.69) is 25.9 Å². The molecule has 35 heavy (non-hydrogen) atoms. The van der Waals surface area contributed by atoms with Gasteiger partial charge in [0.15, 0.2) is 0 Å². The molecule has 0 saturated heterocycles. The molecule has 1 aromatic carbocycles. The molecule has 0 aliphatic rings. The van der Waals surface area contributed by atoms with Crippen LogP contribution in [0.1, 0.15) is 24.1 Å². The van der Waals surface area contributed by atoms with Gasteiger partial charge in [-0.2, -0.15) is 0 Å². The van der Waals surface area contributed by atoms with Crippen molar-refractivity contribution in [3.8, 4) is 0 Å². The minimum atomic E-state index is -1.28. The summed E-state index contributed by atoms with van der Waals surface area (Å²) in [4.78, 5) is 66.9. The van der Waals surface area contributed by atoms with Gasteiger partial charge in [-0.25, -0.2) is 4.98 Å². The third kappa shape index (κ3) is 9.63. The molecule has 13 nitrogen and oxygen atoms in total. The summed E-state index contributed by atoms with van der Waals surface area (Å²) in [7, 11) is 0. The first kappa shape index (κ1) is 27.0. The molecule has 2 rings (SSSR count). The van der Waals surface area contributed by atoms with E-state index in [1.165, 1.54) is 12.5 Å². The van der Waals surface area contributed by atoms with E-state index in [0.717, 1.165) is 5.56 Å². The summed E-state index contributed by atoms with van der Waals surface area (Å²) < 4.78 is 0. The molecule has 1 heterocycles. The minimum absolute atomic E-state index is 0.00884. The molecule has 0 spiro atoms. The van der Waals surface area contributed by atoms with E-state index >= 15 is 0 Å². The van der Waals surface area contributed by atoms with Gasteiger partial charge in [-0.15, -0.1) is 0 Å². The molecule has 2 aromatic rings. The molecular formula is C22H29N7O6. The SMILES string of the molecule is NC(=O)CCC(NC(=O)C(Cc1cnc[nH]1)NC(=O)C(N)Cc1ccccc1)C(=O)NCC(=O)O. The number of carboxylic acid groups (broad SMARTS) is 1. The largest absolute Gasteiger partial charge is 0.480 e. The van der Waals surface area contributed by atoms with Crippen molar-refractivity contribution in [3.05, 3.63) is 54.1 Å². The Morgan fingerprint density at radius 3 is 2.26 bits per heavy atom. The fraction of sp³-hybridized carbons (Fsp3) is 0.364. The average molecular weight is 488 g/mol. The van der Waals surface area contributed by atoms with Crippen LogP contribution in [0.15, 0.2) is 42.9 Å². The smallest absolute Gasteiger partial charge is 0.322 e. The van der Waals surface area contributed by atoms with Crippen molar-refractivity contribution < 1.29 is 29.1 Å². The van der Waals surface area contributed by atoms with Crippen LogP contribution in [0.3, 0.4) is 0 Å². The fourth-order valence-electron chi connectivity index (χ4n) is 3.18. The number of aliphatic carboxylic acids is 1. The summed E-state index contributed by atoms with van der Waals surface area (Å²) >= 11 is 0. The zero-order valence-corrected chi connectivity index (χ0v) is 18.9. The fourth-order valence-corrected chi connectivity index (χ4v) is 3.18. The molecule has 0 aliphatic carbocycles. The minimum Gasteiger partial charge on any atom is -0.480 e. The van der Waals surface area contributed by atoms with Gasteiger partial charge in [0.1, 0.15) is 18.6 Å². The van der Waals surface area contributed by atoms with Crippen LogP contribution >= 0.6 is 0 Å². The van der Waals surface area contributed by atoms with Gasteiger partial charge in [0.2, 0.25) is 23.6 Å². The summed E-state index contributed by atoms with van der Waals surface area (Å²) in [6.07, 6.45) is 2.73. The Morgan fingerprint density at radius 2 is 1.66 bits per heavy atom. The number of nitrogens with one attached hydrogen (secondary N) is 4. The number of rotatable bonds is 14. The Bertz CT molecular complexity index is 1010. The van der Waals surface area contributed by atoms with E-state index in [1.54, 1.807) is 0 Å². The number of carbonyl (C=O) groups excluding carboxylic acids is 4. The molecule has 0 bridgehead atoms. The first-order chi connectivity index (χ1) is 16.7. The standard InChI is InChI=1S/C22H29N7O6/c23-15(8-13-4-2-1-3-5-13)20(33)29-17(9-14-10-25-12-27-14)22(35)28-16(6-7-18(24)30)21(34)26-11-19(31)32/h1-5,10,12,15-17H,6-9,11,23H2,(H2,24,30)(H,25,27)(H,26,34)(H,28,35)(H,29,33)(H,31,32). The van der Waals surface area contributed by atoms with Crippen molar-refractivity contribution in [2.45, 2.75) is 43.8 Å². The van der Waals surface area contributed by atoms with Crippen molar-refractivity contribution in [1.82, 2.24) is 25.9 Å². The number of carbonyl (C=O) groups is 5. The van der Waals surface area contributed by atoms with Gasteiger partial charge in [-0.3, -0.25) is 24.0 Å². The first-order valence-electron chi connectivity index (χ1n) is 10.8. The number of hydrogen-bond donors (Lipinski definition) is 7. The van der Waals surface area contributed by atoms with E-state index in [9.17, 15) is 24.0 Å². The average Bonchev–Trinajstić information content (AvgIpc) is 3.33. The maximum Gasteiger partial charge on any atom is 0.322 e. The molecule has 3 atom stereocenters. The number of benzene rings is 1. The summed E-state index contributed by atoms with van der Waals surface area (Å²) in [5, 5.41) is 16.0. The predicted molar refractivity (Wildman–Crippen MR) is 123 cm³/mol. The van der Waals surface area contributed by atoms with Gasteiger partial charge < -0.3 is 37.5 Å². The number of aromatic amines is 1. The third-order valence-electron chi connectivity index (χ3n) is 4.97. The van der Waals surface area contributed by atoms with Crippen LogP contribution in [0.5, 0.6) is 0 Å². The second-order valence-electron chi connectivity index (χ2n) is 7.82. The third-order valence-corrected chi connectivity index (χ3v) is 4.97. The zero-order valence-electron chi connectivity index (χ0n) is 18.9. The highest BCUT2D eigenvalue weighted by atomic mass is 16.4. The number of nitrogens with two attached hydrogens (primary N) is 2. The summed E-state index contributed by atoms with van der Waals surface area (Å²) in [5.74, 6) is -4.12. The maximum absolute atomic E-state index is 13.1. The van der Waals surface area contributed by atoms with Crippen molar-refractivity contribution in [1.29, 1.82) is 0 Å². The molecule has 0 fully saturated rings. The second-order valence-corrected chi connectivity index (χ2v) is 7.82. The van der Waals surface area contributed by atoms with Gasteiger partial charge in [0.25, 0.3) is 0 Å². The molecule has 4 amide bonds. The topological polar surface area (TPSA) is 222 Å². The van der Waals surface area contributed by atoms with Gasteiger partial charge in [-0.1, -0.05) is 30.3 Å². The summed E-state index contributed by atoms with van der Waals surface area (Å²) in [5.41, 5.74) is 12.6. The van der Waals surface area contributed by atoms with E-state index < -0.39 is 54.3 Å². The summed E-state index contributed by atoms with van der Waals surface area (Å²) in [6, 6.07) is 5.76. The number of hydrogen-bond acceptors (Lipinski definition) is 7. The molecule has 13 heteroatoms. The monoisotopic (exact) mass is 487 g/mol. The molecule has 188 valence electrons. The lowest BCUT2D eigenvalue weighted by Crippen LogP contribution is -2.57. The molecule has 0 aliphatic heterocycles. The van der Waals surface area contributed by atoms with Gasteiger partial charge in [0.05, 0.1) is 12.4 Å². The Morgan fingerprint density at radius 1 is 0.971 bits per heavy atom. The van der Waals surface area contributed by atoms with E-state index in [1.807, 2.05) is 30.3 Å². The lowest BCUT2D eigenvalue weighted by Gasteiger charge is -2.24. The Balaban J connectivity index is 2.13. The van der Waals surface area contributed by atoms with Crippen LogP contribution in [0.25, 0.3) is 0 Å². The first-order valence-corrected chi connectivity index (χ1v) is 10.8. The van der Waals surface area contributed by atoms with Crippen molar-refractivity contribution in [2.75, 3.05) is 6.54 Å². The number of H-pyrrole nitrogens is 1. The van der Waals surface area contributed by atoms with E-state index in [4.69, 9.17) is 16.6 Å². The molecule has 9 N–H and O–H groups in total. The van der Waals surface area contributed by atoms with Crippen molar-refractivity contribution >= 4 is 29.6 Å². The highest BCUT2D eigenvalue weighted by molar-refractivity contribution is 5.94. The van der Waals surface area contributed by atoms with Crippen molar-refractivity contribution in [2.24, 2.45) is 11.5 Å². The predicted octanol–water partition coefficient (Wildman–Crippen LogP) is -2.04. The van der Waals surface area contributed by atoms with Gasteiger partial charge >= 0.3 is 5.97 Å². The Hall–Kier alpha value is -4.26. The van der Waals surface area contributed by atoms with Gasteiger partial charge in [-0.05, 0) is 18.4 Å². The van der Waals surface area contributed by atoms with Crippen LogP contribution in [0.2, 0.25) is 0 Å². The number of nitrogens with zero attached hydrogens (tertiary/aromatic N) is 1. The number of aromatic nitrogens is 2. The molecular weight excluding hydrogens is 458 g/mol. The quantitative estimate of drug-likeness (QED) is 0.157. The molecule has 0 saturated carbocycles. The zero-order chi connectivity index (χ0) is 25.8. The van der Waals surface area contributed by atoms with Gasteiger partial charge in [0, 0.05) is 24.7 Å². The highest BCUT2D eigenvalue weighted by Crippen LogP contribution is 2.05. The van der Waals surface area contributed by atoms with Crippen LogP contribution in [-0.4, -0.2) is 69.3 Å².